The average molecular weight is 285 g/mol. The topological polar surface area (TPSA) is 84.2 Å². The molecule has 4 N–H and O–H groups in total. The van der Waals surface area contributed by atoms with Crippen molar-refractivity contribution in [3.8, 4) is 0 Å². The predicted molar refractivity (Wildman–Crippen MR) is 76.4 cm³/mol. The second-order valence-corrected chi connectivity index (χ2v) is 5.38. The third kappa shape index (κ3) is 2.85. The summed E-state index contributed by atoms with van der Waals surface area (Å²) in [5.74, 6) is -0.571. The van der Waals surface area contributed by atoms with Gasteiger partial charge in [0, 0.05) is 13.6 Å². The Morgan fingerprint density at radius 2 is 2.17 bits per heavy atom. The molecule has 7 heteroatoms. The van der Waals surface area contributed by atoms with Crippen molar-refractivity contribution in [2.24, 2.45) is 0 Å². The first-order valence-corrected chi connectivity index (χ1v) is 7.18. The van der Waals surface area contributed by atoms with E-state index >= 15 is 0 Å². The first-order chi connectivity index (χ1) is 8.56. The van der Waals surface area contributed by atoms with Gasteiger partial charge >= 0.3 is 0 Å². The highest BCUT2D eigenvalue weighted by atomic mass is 32.2. The largest absolute Gasteiger partial charge is 0.397 e. The SMILES string of the molecule is C=CCNC(=O)c1sc(SC)c(C(=O)NC)c1N. The van der Waals surface area contributed by atoms with Crippen molar-refractivity contribution in [3.63, 3.8) is 0 Å². The monoisotopic (exact) mass is 285 g/mol. The van der Waals surface area contributed by atoms with Crippen LogP contribution in [0.4, 0.5) is 5.69 Å². The molecule has 0 saturated carbocycles. The number of nitrogen functional groups attached to an aromatic ring is 1. The summed E-state index contributed by atoms with van der Waals surface area (Å²) in [6.45, 7) is 3.88. The molecule has 2 amide bonds. The van der Waals surface area contributed by atoms with E-state index in [4.69, 9.17) is 5.73 Å². The highest BCUT2D eigenvalue weighted by Gasteiger charge is 2.24. The van der Waals surface area contributed by atoms with Crippen LogP contribution in [0.25, 0.3) is 0 Å². The highest BCUT2D eigenvalue weighted by Crippen LogP contribution is 2.37. The zero-order valence-corrected chi connectivity index (χ0v) is 11.8. The second kappa shape index (κ2) is 6.46. The number of thiophene rings is 1. The summed E-state index contributed by atoms with van der Waals surface area (Å²) in [6.07, 6.45) is 3.42. The average Bonchev–Trinajstić information content (AvgIpc) is 2.72. The van der Waals surface area contributed by atoms with Crippen molar-refractivity contribution < 1.29 is 9.59 Å². The maximum Gasteiger partial charge on any atom is 0.263 e. The van der Waals surface area contributed by atoms with E-state index < -0.39 is 0 Å². The Hall–Kier alpha value is -1.47. The number of carbonyl (C=O) groups is 2. The summed E-state index contributed by atoms with van der Waals surface area (Å²) in [5, 5.41) is 5.16. The van der Waals surface area contributed by atoms with Crippen molar-refractivity contribution in [2.75, 3.05) is 25.6 Å². The van der Waals surface area contributed by atoms with Gasteiger partial charge in [-0.25, -0.2) is 0 Å². The fourth-order valence-electron chi connectivity index (χ4n) is 1.32. The van der Waals surface area contributed by atoms with E-state index in [1.165, 1.54) is 30.1 Å². The molecule has 1 aromatic heterocycles. The highest BCUT2D eigenvalue weighted by molar-refractivity contribution is 8.00. The van der Waals surface area contributed by atoms with Crippen molar-refractivity contribution in [1.29, 1.82) is 0 Å². The van der Waals surface area contributed by atoms with Crippen LogP contribution in [0.1, 0.15) is 20.0 Å². The lowest BCUT2D eigenvalue weighted by atomic mass is 10.2. The minimum absolute atomic E-state index is 0.227. The van der Waals surface area contributed by atoms with Gasteiger partial charge in [0.15, 0.2) is 0 Å². The van der Waals surface area contributed by atoms with Gasteiger partial charge in [-0.05, 0) is 6.26 Å². The van der Waals surface area contributed by atoms with Crippen LogP contribution in [0.15, 0.2) is 16.9 Å². The maximum absolute atomic E-state index is 11.8. The first kappa shape index (κ1) is 14.6. The Kier molecular flexibility index (Phi) is 5.24. The van der Waals surface area contributed by atoms with Crippen molar-refractivity contribution in [3.05, 3.63) is 23.1 Å². The van der Waals surface area contributed by atoms with Crippen LogP contribution in [0.5, 0.6) is 0 Å². The number of nitrogens with one attached hydrogen (secondary N) is 2. The number of anilines is 1. The number of hydrogen-bond acceptors (Lipinski definition) is 5. The van der Waals surface area contributed by atoms with E-state index in [9.17, 15) is 9.59 Å². The molecule has 1 rings (SSSR count). The van der Waals surface area contributed by atoms with Gasteiger partial charge in [0.05, 0.1) is 15.5 Å². The first-order valence-electron chi connectivity index (χ1n) is 5.14. The Balaban J connectivity index is 3.15. The molecule has 0 unspecified atom stereocenters. The smallest absolute Gasteiger partial charge is 0.263 e. The number of carbonyl (C=O) groups excluding carboxylic acids is 2. The van der Waals surface area contributed by atoms with Crippen LogP contribution in [-0.2, 0) is 0 Å². The van der Waals surface area contributed by atoms with Crippen LogP contribution in [0.3, 0.4) is 0 Å². The molecule has 0 bridgehead atoms. The molecule has 0 spiro atoms. The lowest BCUT2D eigenvalue weighted by Gasteiger charge is -2.02. The molecule has 0 saturated heterocycles. The number of rotatable bonds is 5. The number of nitrogens with two attached hydrogens (primary N) is 1. The van der Waals surface area contributed by atoms with Crippen molar-refractivity contribution >= 4 is 40.6 Å². The molecule has 0 aliphatic rings. The molecular formula is C11H15N3O2S2. The molecule has 0 aliphatic carbocycles. The van der Waals surface area contributed by atoms with Gasteiger partial charge in [-0.1, -0.05) is 6.08 Å². The number of thioether (sulfide) groups is 1. The van der Waals surface area contributed by atoms with Crippen LogP contribution in [0, 0.1) is 0 Å². The second-order valence-electron chi connectivity index (χ2n) is 3.29. The summed E-state index contributed by atoms with van der Waals surface area (Å²) >= 11 is 2.61. The van der Waals surface area contributed by atoms with Crippen LogP contribution >= 0.6 is 23.1 Å². The summed E-state index contributed by atoms with van der Waals surface area (Å²) in [5.41, 5.74) is 6.48. The van der Waals surface area contributed by atoms with E-state index in [2.05, 4.69) is 17.2 Å². The van der Waals surface area contributed by atoms with Gasteiger partial charge in [-0.2, -0.15) is 0 Å². The minimum atomic E-state index is -0.289. The van der Waals surface area contributed by atoms with E-state index in [1.807, 2.05) is 6.26 Å². The molecule has 0 fully saturated rings. The van der Waals surface area contributed by atoms with Crippen molar-refractivity contribution in [2.45, 2.75) is 4.21 Å². The lowest BCUT2D eigenvalue weighted by Crippen LogP contribution is -2.24. The van der Waals surface area contributed by atoms with Crippen LogP contribution in [0.2, 0.25) is 0 Å². The normalized spacial score (nSPS) is 9.89. The van der Waals surface area contributed by atoms with Gasteiger partial charge in [-0.3, -0.25) is 9.59 Å². The maximum atomic E-state index is 11.8. The van der Waals surface area contributed by atoms with Crippen LogP contribution < -0.4 is 16.4 Å². The zero-order valence-electron chi connectivity index (χ0n) is 10.2. The summed E-state index contributed by atoms with van der Waals surface area (Å²) in [4.78, 5) is 23.9. The Morgan fingerprint density at radius 3 is 2.67 bits per heavy atom. The molecule has 0 radical (unpaired) electrons. The summed E-state index contributed by atoms with van der Waals surface area (Å²) in [7, 11) is 1.53. The number of amides is 2. The Labute approximate surface area is 114 Å². The number of hydrogen-bond donors (Lipinski definition) is 3. The third-order valence-corrected chi connectivity index (χ3v) is 4.49. The molecule has 18 heavy (non-hydrogen) atoms. The van der Waals surface area contributed by atoms with Gasteiger partial charge in [0.25, 0.3) is 11.8 Å². The summed E-state index contributed by atoms with van der Waals surface area (Å²) in [6, 6.07) is 0. The van der Waals surface area contributed by atoms with Gasteiger partial charge < -0.3 is 16.4 Å². The fraction of sp³-hybridized carbons (Fsp3) is 0.273. The van der Waals surface area contributed by atoms with Gasteiger partial charge in [0.2, 0.25) is 0 Å². The standard InChI is InChI=1S/C11H15N3O2S2/c1-4-5-14-10(16)8-7(12)6(9(15)13-2)11(17-3)18-8/h4H,1,5,12H2,2-3H3,(H,13,15)(H,14,16). The van der Waals surface area contributed by atoms with E-state index in [0.717, 1.165) is 4.21 Å². The summed E-state index contributed by atoms with van der Waals surface area (Å²) < 4.78 is 0.732. The van der Waals surface area contributed by atoms with E-state index in [1.54, 1.807) is 6.08 Å². The molecule has 0 atom stereocenters. The molecule has 5 nitrogen and oxygen atoms in total. The zero-order chi connectivity index (χ0) is 13.7. The Bertz CT molecular complexity index is 483. The van der Waals surface area contributed by atoms with E-state index in [0.29, 0.717) is 17.0 Å². The minimum Gasteiger partial charge on any atom is -0.397 e. The molecule has 1 heterocycles. The molecule has 0 aliphatic heterocycles. The molecule has 1 aromatic rings. The molecule has 98 valence electrons. The van der Waals surface area contributed by atoms with Crippen molar-refractivity contribution in [1.82, 2.24) is 10.6 Å². The third-order valence-electron chi connectivity index (χ3n) is 2.17. The quantitative estimate of drug-likeness (QED) is 0.563. The fourth-order valence-corrected chi connectivity index (χ4v) is 3.18. The predicted octanol–water partition coefficient (Wildman–Crippen LogP) is 1.33. The lowest BCUT2D eigenvalue weighted by molar-refractivity contribution is 0.0959. The van der Waals surface area contributed by atoms with Gasteiger partial charge in [0.1, 0.15) is 4.88 Å². The van der Waals surface area contributed by atoms with Crippen LogP contribution in [-0.4, -0.2) is 31.7 Å². The van der Waals surface area contributed by atoms with Gasteiger partial charge in [-0.15, -0.1) is 29.7 Å². The molecular weight excluding hydrogens is 270 g/mol. The Morgan fingerprint density at radius 1 is 1.50 bits per heavy atom. The molecule has 0 aromatic carbocycles. The van der Waals surface area contributed by atoms with E-state index in [-0.39, 0.29) is 17.5 Å².